The maximum absolute atomic E-state index is 11.7. The van der Waals surface area contributed by atoms with E-state index in [1.807, 2.05) is 25.1 Å². The summed E-state index contributed by atoms with van der Waals surface area (Å²) in [5.41, 5.74) is 1.27. The number of rotatable bonds is 9. The molecule has 0 bridgehead atoms. The molecule has 0 aromatic heterocycles. The minimum atomic E-state index is -0.118. The average molecular weight is 334 g/mol. The summed E-state index contributed by atoms with van der Waals surface area (Å²) in [7, 11) is 1.60. The molecular weight excluding hydrogens is 304 g/mol. The smallest absolute Gasteiger partial charge is 0.241 e. The summed E-state index contributed by atoms with van der Waals surface area (Å²) in [5.74, 6) is 0.855. The van der Waals surface area contributed by atoms with Gasteiger partial charge in [-0.25, -0.2) is 4.99 Å². The number of carbonyl (C=O) groups excluding carboxylic acids is 1. The van der Waals surface area contributed by atoms with Crippen LogP contribution in [0.15, 0.2) is 35.3 Å². The highest BCUT2D eigenvalue weighted by Gasteiger charge is 2.15. The van der Waals surface area contributed by atoms with Crippen LogP contribution in [0.4, 0.5) is 0 Å². The second-order valence-electron chi connectivity index (χ2n) is 5.67. The van der Waals surface area contributed by atoms with Crippen molar-refractivity contribution in [3.63, 3.8) is 0 Å². The van der Waals surface area contributed by atoms with E-state index in [2.05, 4.69) is 46.9 Å². The monoisotopic (exact) mass is 334 g/mol. The van der Waals surface area contributed by atoms with Gasteiger partial charge >= 0.3 is 0 Å². The Hall–Kier alpha value is -2.08. The van der Waals surface area contributed by atoms with Crippen molar-refractivity contribution in [3.05, 3.63) is 35.9 Å². The van der Waals surface area contributed by atoms with Gasteiger partial charge in [-0.3, -0.25) is 4.79 Å². The molecule has 0 saturated heterocycles. The Kier molecular flexibility index (Phi) is 9.53. The van der Waals surface area contributed by atoms with E-state index in [1.54, 1.807) is 7.11 Å². The summed E-state index contributed by atoms with van der Waals surface area (Å²) in [5, 5.41) is 9.31. The molecule has 1 rings (SSSR count). The molecule has 0 aliphatic heterocycles. The van der Waals surface area contributed by atoms with Crippen LogP contribution in [-0.2, 0) is 9.53 Å². The van der Waals surface area contributed by atoms with Gasteiger partial charge in [-0.2, -0.15) is 0 Å². The number of aliphatic imine (C=N–C) groups is 1. The summed E-state index contributed by atoms with van der Waals surface area (Å²) in [6.45, 7) is 8.11. The molecule has 24 heavy (non-hydrogen) atoms. The number of amides is 1. The molecule has 0 aliphatic carbocycles. The lowest BCUT2D eigenvalue weighted by molar-refractivity contribution is -0.119. The molecule has 6 nitrogen and oxygen atoms in total. The van der Waals surface area contributed by atoms with Crippen molar-refractivity contribution in [1.29, 1.82) is 0 Å². The quantitative estimate of drug-likeness (QED) is 0.363. The van der Waals surface area contributed by atoms with E-state index in [1.165, 1.54) is 5.56 Å². The zero-order valence-corrected chi connectivity index (χ0v) is 15.1. The van der Waals surface area contributed by atoms with Crippen LogP contribution in [0.5, 0.6) is 0 Å². The Morgan fingerprint density at radius 1 is 1.21 bits per heavy atom. The number of nitrogens with zero attached hydrogens (tertiary/aromatic N) is 1. The van der Waals surface area contributed by atoms with Crippen LogP contribution in [0.3, 0.4) is 0 Å². The number of guanidine groups is 1. The molecule has 1 amide bonds. The van der Waals surface area contributed by atoms with Gasteiger partial charge in [0.2, 0.25) is 5.91 Å². The molecule has 3 N–H and O–H groups in total. The van der Waals surface area contributed by atoms with Crippen molar-refractivity contribution in [3.8, 4) is 0 Å². The van der Waals surface area contributed by atoms with Gasteiger partial charge in [0.05, 0.1) is 6.61 Å². The van der Waals surface area contributed by atoms with Crippen LogP contribution in [-0.4, -0.2) is 51.3 Å². The summed E-state index contributed by atoms with van der Waals surface area (Å²) in [6, 6.07) is 10.5. The summed E-state index contributed by atoms with van der Waals surface area (Å²) < 4.78 is 4.90. The second kappa shape index (κ2) is 11.5. The predicted octanol–water partition coefficient (Wildman–Crippen LogP) is 1.50. The molecule has 134 valence electrons. The number of benzene rings is 1. The molecule has 1 aromatic carbocycles. The van der Waals surface area contributed by atoms with E-state index < -0.39 is 0 Å². The van der Waals surface area contributed by atoms with Gasteiger partial charge in [-0.05, 0) is 19.4 Å². The second-order valence-corrected chi connectivity index (χ2v) is 5.67. The third-order valence-corrected chi connectivity index (χ3v) is 3.79. The number of carbonyl (C=O) groups is 1. The van der Waals surface area contributed by atoms with E-state index in [0.717, 1.165) is 6.54 Å². The zero-order chi connectivity index (χ0) is 17.8. The van der Waals surface area contributed by atoms with Crippen molar-refractivity contribution in [2.75, 3.05) is 33.4 Å². The van der Waals surface area contributed by atoms with Gasteiger partial charge in [-0.1, -0.05) is 37.3 Å². The molecular formula is C18H30N4O2. The fraction of sp³-hybridized carbons (Fsp3) is 0.556. The van der Waals surface area contributed by atoms with Crippen molar-refractivity contribution < 1.29 is 9.53 Å². The lowest BCUT2D eigenvalue weighted by Crippen LogP contribution is -2.44. The third-order valence-electron chi connectivity index (χ3n) is 3.79. The Labute approximate surface area is 145 Å². The summed E-state index contributed by atoms with van der Waals surface area (Å²) in [6.07, 6.45) is 0. The van der Waals surface area contributed by atoms with E-state index in [0.29, 0.717) is 25.0 Å². The molecule has 0 fully saturated rings. The molecule has 2 atom stereocenters. The van der Waals surface area contributed by atoms with Gasteiger partial charge < -0.3 is 20.7 Å². The lowest BCUT2D eigenvalue weighted by atomic mass is 9.94. The van der Waals surface area contributed by atoms with Crippen LogP contribution >= 0.6 is 0 Å². The average Bonchev–Trinajstić information content (AvgIpc) is 2.60. The van der Waals surface area contributed by atoms with Gasteiger partial charge in [0.15, 0.2) is 5.96 Å². The first kappa shape index (κ1) is 20.0. The third kappa shape index (κ3) is 7.46. The molecule has 0 spiro atoms. The van der Waals surface area contributed by atoms with E-state index in [9.17, 15) is 4.79 Å². The number of hydrogen-bond donors (Lipinski definition) is 3. The lowest BCUT2D eigenvalue weighted by Gasteiger charge is -2.24. The summed E-state index contributed by atoms with van der Waals surface area (Å²) in [4.78, 5) is 16.1. The Morgan fingerprint density at radius 3 is 2.54 bits per heavy atom. The molecule has 0 radical (unpaired) electrons. The number of methoxy groups -OCH3 is 1. The van der Waals surface area contributed by atoms with Crippen LogP contribution in [0.1, 0.15) is 32.3 Å². The number of nitrogens with one attached hydrogen (secondary N) is 3. The predicted molar refractivity (Wildman–Crippen MR) is 98.3 cm³/mol. The topological polar surface area (TPSA) is 74.8 Å². The highest BCUT2D eigenvalue weighted by atomic mass is 16.5. The molecule has 2 unspecified atom stereocenters. The SMILES string of the molecule is CCNC(=NCC(=O)NCCOC)NC(C)C(C)c1ccccc1. The zero-order valence-electron chi connectivity index (χ0n) is 15.1. The number of ether oxygens (including phenoxy) is 1. The molecule has 0 heterocycles. The Balaban J connectivity index is 2.57. The first-order valence-electron chi connectivity index (χ1n) is 8.43. The fourth-order valence-corrected chi connectivity index (χ4v) is 2.21. The van der Waals surface area contributed by atoms with Crippen molar-refractivity contribution >= 4 is 11.9 Å². The highest BCUT2D eigenvalue weighted by molar-refractivity contribution is 5.85. The van der Waals surface area contributed by atoms with Crippen molar-refractivity contribution in [1.82, 2.24) is 16.0 Å². The first-order valence-corrected chi connectivity index (χ1v) is 8.43. The number of hydrogen-bond acceptors (Lipinski definition) is 3. The molecule has 0 saturated carbocycles. The fourth-order valence-electron chi connectivity index (χ4n) is 2.21. The normalized spacial score (nSPS) is 13.9. The Morgan fingerprint density at radius 2 is 1.92 bits per heavy atom. The van der Waals surface area contributed by atoms with Crippen molar-refractivity contribution in [2.24, 2.45) is 4.99 Å². The van der Waals surface area contributed by atoms with E-state index in [-0.39, 0.29) is 18.5 Å². The van der Waals surface area contributed by atoms with Crippen LogP contribution in [0, 0.1) is 0 Å². The minimum absolute atomic E-state index is 0.0888. The molecule has 1 aromatic rings. The standard InChI is InChI=1S/C18H30N4O2/c1-5-19-18(21-13-17(23)20-11-12-24-4)22-15(3)14(2)16-9-7-6-8-10-16/h6-10,14-15H,5,11-13H2,1-4H3,(H,20,23)(H2,19,21,22). The minimum Gasteiger partial charge on any atom is -0.383 e. The largest absolute Gasteiger partial charge is 0.383 e. The van der Waals surface area contributed by atoms with Gasteiger partial charge in [-0.15, -0.1) is 0 Å². The van der Waals surface area contributed by atoms with Gasteiger partial charge in [0, 0.05) is 32.2 Å². The van der Waals surface area contributed by atoms with E-state index >= 15 is 0 Å². The van der Waals surface area contributed by atoms with Gasteiger partial charge in [0.25, 0.3) is 0 Å². The molecule has 6 heteroatoms. The highest BCUT2D eigenvalue weighted by Crippen LogP contribution is 2.18. The van der Waals surface area contributed by atoms with E-state index in [4.69, 9.17) is 4.74 Å². The van der Waals surface area contributed by atoms with Gasteiger partial charge in [0.1, 0.15) is 6.54 Å². The first-order chi connectivity index (χ1) is 11.6. The van der Waals surface area contributed by atoms with Crippen LogP contribution in [0.25, 0.3) is 0 Å². The maximum Gasteiger partial charge on any atom is 0.241 e. The Bertz CT molecular complexity index is 505. The van der Waals surface area contributed by atoms with Crippen LogP contribution in [0.2, 0.25) is 0 Å². The van der Waals surface area contributed by atoms with Crippen molar-refractivity contribution in [2.45, 2.75) is 32.7 Å². The van der Waals surface area contributed by atoms with Crippen LogP contribution < -0.4 is 16.0 Å². The summed E-state index contributed by atoms with van der Waals surface area (Å²) >= 11 is 0. The molecule has 0 aliphatic rings. The maximum atomic E-state index is 11.7.